The predicted octanol–water partition coefficient (Wildman–Crippen LogP) is 12.3. The maximum absolute atomic E-state index is 13.4. The second-order valence-electron chi connectivity index (χ2n) is 29.1. The molecule has 3 saturated heterocycles. The van der Waals surface area contributed by atoms with Crippen molar-refractivity contribution in [2.24, 2.45) is 0 Å². The number of amides is 3. The molecule has 0 saturated carbocycles. The number of carbonyl (C=O) groups is 3. The van der Waals surface area contributed by atoms with Gasteiger partial charge in [-0.1, -0.05) is 128 Å². The van der Waals surface area contributed by atoms with Crippen molar-refractivity contribution in [2.45, 2.75) is 324 Å². The van der Waals surface area contributed by atoms with Crippen LogP contribution in [0.1, 0.15) is 232 Å². The summed E-state index contributed by atoms with van der Waals surface area (Å²) in [6.45, 7) is 25.9. The molecule has 12 N–H and O–H groups in total. The highest BCUT2D eigenvalue weighted by Gasteiger charge is 2.56. The lowest BCUT2D eigenvalue weighted by Gasteiger charge is -2.50. The molecule has 2 unspecified atom stereocenters. The maximum atomic E-state index is 13.4. The summed E-state index contributed by atoms with van der Waals surface area (Å²) in [4.78, 5) is 58.4. The van der Waals surface area contributed by atoms with Crippen molar-refractivity contribution in [2.75, 3.05) is 26.4 Å². The van der Waals surface area contributed by atoms with Gasteiger partial charge in [0.05, 0.1) is 26.4 Å². The van der Waals surface area contributed by atoms with Gasteiger partial charge in [0.25, 0.3) is 0 Å². The highest BCUT2D eigenvalue weighted by atomic mass is 31.3. The Labute approximate surface area is 631 Å². The van der Waals surface area contributed by atoms with Gasteiger partial charge in [-0.15, -0.1) is 0 Å². The van der Waals surface area contributed by atoms with Crippen LogP contribution in [0.15, 0.2) is 128 Å². The van der Waals surface area contributed by atoms with E-state index in [0.29, 0.717) is 12.8 Å². The van der Waals surface area contributed by atoms with E-state index in [4.69, 9.17) is 32.7 Å². The third-order valence-corrected chi connectivity index (χ3v) is 21.4. The zero-order chi connectivity index (χ0) is 79.3. The molecule has 3 amide bonds. The molecule has 3 fully saturated rings. The van der Waals surface area contributed by atoms with Gasteiger partial charge in [-0.25, -0.2) is 9.13 Å². The lowest BCUT2D eigenvalue weighted by atomic mass is 9.93. The van der Waals surface area contributed by atoms with Crippen molar-refractivity contribution in [3.8, 4) is 0 Å². The fourth-order valence-corrected chi connectivity index (χ4v) is 14.5. The lowest BCUT2D eigenvalue weighted by molar-refractivity contribution is -0.350. The quantitative estimate of drug-likeness (QED) is 0.0199. The second kappa shape index (κ2) is 50.3. The Morgan fingerprint density at radius 2 is 0.604 bits per heavy atom. The molecule has 0 spiro atoms. The molecule has 3 aliphatic rings. The first-order valence-electron chi connectivity index (χ1n) is 37.5. The molecular formula is C79H131N3O22P2. The smallest absolute Gasteiger partial charge is 0.394 e. The van der Waals surface area contributed by atoms with Crippen molar-refractivity contribution in [3.05, 3.63) is 128 Å². The van der Waals surface area contributed by atoms with Crippen LogP contribution in [-0.4, -0.2) is 182 Å². The number of aliphatic hydroxyl groups is 7. The molecule has 3 aliphatic heterocycles. The lowest BCUT2D eigenvalue weighted by Crippen LogP contribution is -2.71. The summed E-state index contributed by atoms with van der Waals surface area (Å²) in [7, 11) is -11.1. The van der Waals surface area contributed by atoms with Gasteiger partial charge in [0.1, 0.15) is 73.1 Å². The zero-order valence-electron chi connectivity index (χ0n) is 65.7. The molecule has 27 heteroatoms. The van der Waals surface area contributed by atoms with Gasteiger partial charge in [0, 0.05) is 20.8 Å². The van der Waals surface area contributed by atoms with Crippen LogP contribution in [0.25, 0.3) is 0 Å². The van der Waals surface area contributed by atoms with Crippen LogP contribution in [0.2, 0.25) is 0 Å². The highest BCUT2D eigenvalue weighted by molar-refractivity contribution is 7.61. The zero-order valence-corrected chi connectivity index (χ0v) is 67.5. The molecule has 0 aromatic carbocycles. The van der Waals surface area contributed by atoms with Gasteiger partial charge >= 0.3 is 15.6 Å². The summed E-state index contributed by atoms with van der Waals surface area (Å²) >= 11 is 0. The molecule has 0 aromatic rings. The molecule has 0 bridgehead atoms. The van der Waals surface area contributed by atoms with E-state index in [9.17, 15) is 69.0 Å². The van der Waals surface area contributed by atoms with Crippen molar-refractivity contribution < 1.29 is 106 Å². The van der Waals surface area contributed by atoms with Crippen LogP contribution in [0.3, 0.4) is 0 Å². The Hall–Kier alpha value is -4.67. The monoisotopic (exact) mass is 1540 g/mol. The molecule has 0 aromatic heterocycles. The minimum absolute atomic E-state index is 0.520. The Morgan fingerprint density at radius 1 is 0.349 bits per heavy atom. The predicted molar refractivity (Wildman–Crippen MR) is 411 cm³/mol. The van der Waals surface area contributed by atoms with Crippen LogP contribution in [0.5, 0.6) is 0 Å². The van der Waals surface area contributed by atoms with E-state index in [0.717, 1.165) is 142 Å². The number of hydrogen-bond acceptors (Lipinski definition) is 20. The molecule has 106 heavy (non-hydrogen) atoms. The number of aliphatic hydroxyl groups excluding tert-OH is 7. The van der Waals surface area contributed by atoms with Gasteiger partial charge in [-0.2, -0.15) is 4.31 Å². The number of allylic oxidation sites excluding steroid dienone is 21. The van der Waals surface area contributed by atoms with Crippen molar-refractivity contribution in [3.63, 3.8) is 0 Å². The standard InChI is InChI=1S/C79H131N3O22P2/c1-51(2)26-16-27-52(3)28-17-29-53(4)30-18-31-54(5)32-19-33-55(6)34-20-35-56(7)36-21-37-57(8)38-22-39-58(9)40-23-41-59(10)42-24-43-60(11)44-25-45-61(12)46-47-97-105(93,94)104-106(95,96)103-79-70(82-64(15)88)74(92)76(67(50-85)100-79)102-78-69(81-63(14)87)73(91)75(66(49-84)99-78)101-77-68(80-62(13)86)72(90)71(89)65(48-83)98-77/h26,28,30,32,34,36,38,40,42,44,46,65-79,83-85,89-92H,16-25,27,29,31,33,35,37,39,41,43,45,47-50H2,1-15H3,(H,80,86)(H,81,87)(H,82,88)(H,93,94)(H,95,96)/b52-28+,53-30+,54-32+,55-34-,56-36-,57-38-,58-40-,59-42-,60-44-,61-46-/t65-,66-,67-,68-,69-,70-,71+,72-,73-,74-,75+,76-,77+,78+,79-/m1/s1. The average molecular weight is 1540 g/mol. The molecule has 0 aliphatic carbocycles. The highest BCUT2D eigenvalue weighted by Crippen LogP contribution is 2.61. The first-order valence-corrected chi connectivity index (χ1v) is 40.5. The van der Waals surface area contributed by atoms with Crippen LogP contribution >= 0.6 is 15.6 Å². The summed E-state index contributed by atoms with van der Waals surface area (Å²) < 4.78 is 70.2. The van der Waals surface area contributed by atoms with E-state index in [2.05, 4.69) is 157 Å². The summed E-state index contributed by atoms with van der Waals surface area (Å²) in [5, 5.41) is 82.6. The Morgan fingerprint density at radius 3 is 0.887 bits per heavy atom. The normalized spacial score (nSPS) is 27.7. The first-order chi connectivity index (χ1) is 50.0. The molecule has 17 atom stereocenters. The van der Waals surface area contributed by atoms with E-state index in [-0.39, 0.29) is 0 Å². The van der Waals surface area contributed by atoms with E-state index in [1.807, 2.05) is 0 Å². The van der Waals surface area contributed by atoms with Crippen molar-refractivity contribution in [1.82, 2.24) is 16.0 Å². The number of phosphoric ester groups is 2. The number of hydrogen-bond donors (Lipinski definition) is 12. The molecule has 25 nitrogen and oxygen atoms in total. The summed E-state index contributed by atoms with van der Waals surface area (Å²) in [6.07, 6.45) is 23.9. The van der Waals surface area contributed by atoms with E-state index < -0.39 is 152 Å². The largest absolute Gasteiger partial charge is 0.483 e. The Bertz CT molecular complexity index is 3180. The minimum Gasteiger partial charge on any atom is -0.394 e. The molecular weight excluding hydrogens is 1400 g/mol. The maximum Gasteiger partial charge on any atom is 0.483 e. The van der Waals surface area contributed by atoms with Crippen LogP contribution in [-0.2, 0) is 60.6 Å². The van der Waals surface area contributed by atoms with Crippen molar-refractivity contribution in [1.29, 1.82) is 0 Å². The fourth-order valence-electron chi connectivity index (χ4n) is 12.5. The van der Waals surface area contributed by atoms with Crippen molar-refractivity contribution >= 4 is 33.4 Å². The fraction of sp³-hybridized carbons (Fsp3) is 0.684. The van der Waals surface area contributed by atoms with Crippen LogP contribution in [0, 0.1) is 0 Å². The summed E-state index contributed by atoms with van der Waals surface area (Å²) in [5.74, 6) is -2.36. The number of ether oxygens (including phenoxy) is 5. The van der Waals surface area contributed by atoms with Gasteiger partial charge in [-0.3, -0.25) is 23.4 Å². The van der Waals surface area contributed by atoms with Gasteiger partial charge in [0.2, 0.25) is 17.7 Å². The van der Waals surface area contributed by atoms with Gasteiger partial charge in [-0.05, 0) is 212 Å². The summed E-state index contributed by atoms with van der Waals surface area (Å²) in [5.41, 5.74) is 15.0. The van der Waals surface area contributed by atoms with Gasteiger partial charge in [0.15, 0.2) is 18.9 Å². The number of phosphoric acid groups is 2. The SMILES string of the molecule is CC(=O)N[C@H]1[C@H](O[C@H]2[C@H](O)[C@@H](NC(C)=O)[C@@H](OP(=O)(O)OP(=O)(O)OC/C=C(/C)CC/C=C(/C)CC/C=C(/C)CC/C=C(/C)CC/C=C(/C)CC/C=C(/C)CC/C=C(/C)CC/C=C(\C)CC/C=C(\C)CC/C=C(\C)CCC=C(C)C)O[C@@H]2CO)O[C@H](CO)[C@H](O[C@@H]2O[C@H](CO)[C@H](O)[C@H](O)[C@H]2NC(C)=O)[C@@H]1O. The van der Waals surface area contributed by atoms with Crippen LogP contribution in [0.4, 0.5) is 0 Å². The van der Waals surface area contributed by atoms with Crippen LogP contribution < -0.4 is 16.0 Å². The second-order valence-corrected chi connectivity index (χ2v) is 32.1. The summed E-state index contributed by atoms with van der Waals surface area (Å²) in [6, 6.07) is -5.08. The molecule has 3 rings (SSSR count). The molecule has 3 heterocycles. The Kier molecular flexibility index (Phi) is 45.3. The van der Waals surface area contributed by atoms with E-state index in [1.54, 1.807) is 6.92 Å². The van der Waals surface area contributed by atoms with Gasteiger partial charge < -0.3 is 85.2 Å². The molecule has 0 radical (unpaired) electrons. The topological polar surface area (TPSA) is 377 Å². The minimum atomic E-state index is -5.73. The first kappa shape index (κ1) is 95.5. The number of rotatable bonds is 47. The Balaban J connectivity index is 1.40. The number of nitrogens with one attached hydrogen (secondary N) is 3. The van der Waals surface area contributed by atoms with E-state index >= 15 is 0 Å². The third kappa shape index (κ3) is 37.8. The van der Waals surface area contributed by atoms with E-state index in [1.165, 1.54) is 61.8 Å². The third-order valence-electron chi connectivity index (χ3n) is 18.8. The average Bonchev–Trinajstić information content (AvgIpc) is 0.771. The number of carbonyl (C=O) groups excluding carboxylic acids is 3. The molecule has 604 valence electrons.